The van der Waals surface area contributed by atoms with E-state index < -0.39 is 11.4 Å². The highest BCUT2D eigenvalue weighted by Gasteiger charge is 2.38. The molecule has 2 atom stereocenters. The predicted molar refractivity (Wildman–Crippen MR) is 183 cm³/mol. The third-order valence-electron chi connectivity index (χ3n) is 9.02. The summed E-state index contributed by atoms with van der Waals surface area (Å²) < 4.78 is 22.8. The Hall–Kier alpha value is -3.96. The Labute approximate surface area is 274 Å². The average molecular weight is 649 g/mol. The van der Waals surface area contributed by atoms with Gasteiger partial charge in [-0.25, -0.2) is 14.2 Å². The Kier molecular flexibility index (Phi) is 8.13. The van der Waals surface area contributed by atoms with Crippen LogP contribution in [0.5, 0.6) is 0 Å². The lowest BCUT2D eigenvalue weighted by atomic mass is 9.93. The number of benzene rings is 2. The molecule has 0 spiro atoms. The number of aryl methyl sites for hydroxylation is 1. The highest BCUT2D eigenvalue weighted by atomic mass is 35.5. The number of piperazine rings is 1. The highest BCUT2D eigenvalue weighted by molar-refractivity contribution is 6.35. The first-order valence-electron chi connectivity index (χ1n) is 15.7. The van der Waals surface area contributed by atoms with E-state index in [2.05, 4.69) is 31.5 Å². The van der Waals surface area contributed by atoms with E-state index in [1.807, 2.05) is 67.8 Å². The van der Waals surface area contributed by atoms with Gasteiger partial charge in [-0.1, -0.05) is 24.2 Å². The van der Waals surface area contributed by atoms with E-state index in [1.165, 1.54) is 0 Å². The predicted octanol–water partition coefficient (Wildman–Crippen LogP) is 6.50. The van der Waals surface area contributed by atoms with Gasteiger partial charge in [0, 0.05) is 66.2 Å². The number of amides is 1. The number of nitrogens with zero attached hydrogens (tertiary/aromatic N) is 7. The molecular weight excluding hydrogens is 607 g/mol. The lowest BCUT2D eigenvalue weighted by Crippen LogP contribution is -2.59. The SMILES string of the molecule is C=Cc1n[nH]c2ccc(C)c(-c3c(Cl)cc4c(N5C[C@@H](C)N(C(=O)OC(C)(C)C)C[C@@H]5C)nc(N5CC(N(C)C)C5)nc4c3F)c12. The smallest absolute Gasteiger partial charge is 0.410 e. The van der Waals surface area contributed by atoms with Gasteiger partial charge in [-0.2, -0.15) is 10.1 Å². The van der Waals surface area contributed by atoms with Crippen LogP contribution in [-0.2, 0) is 4.74 Å². The average Bonchev–Trinajstić information content (AvgIpc) is 3.36. The maximum atomic E-state index is 17.1. The molecule has 2 aromatic heterocycles. The monoisotopic (exact) mass is 648 g/mol. The zero-order chi connectivity index (χ0) is 33.2. The topological polar surface area (TPSA) is 93.7 Å². The van der Waals surface area contributed by atoms with Crippen LogP contribution in [-0.4, -0.2) is 100 Å². The van der Waals surface area contributed by atoms with E-state index in [4.69, 9.17) is 26.3 Å². The van der Waals surface area contributed by atoms with Crippen LogP contribution in [0.1, 0.15) is 45.9 Å². The minimum Gasteiger partial charge on any atom is -0.444 e. The van der Waals surface area contributed by atoms with Crippen LogP contribution >= 0.6 is 11.6 Å². The molecule has 0 aliphatic carbocycles. The van der Waals surface area contributed by atoms with Gasteiger partial charge in [0.1, 0.15) is 16.9 Å². The van der Waals surface area contributed by atoms with E-state index in [0.29, 0.717) is 47.5 Å². The number of hydrogen-bond acceptors (Lipinski definition) is 8. The number of carbonyl (C=O) groups excluding carboxylic acids is 1. The maximum absolute atomic E-state index is 17.1. The first kappa shape index (κ1) is 32.0. The fourth-order valence-corrected chi connectivity index (χ4v) is 6.70. The number of halogens is 2. The van der Waals surface area contributed by atoms with Gasteiger partial charge in [0.25, 0.3) is 0 Å². The summed E-state index contributed by atoms with van der Waals surface area (Å²) in [6, 6.07) is 5.65. The molecule has 12 heteroatoms. The van der Waals surface area contributed by atoms with E-state index in [1.54, 1.807) is 17.0 Å². The van der Waals surface area contributed by atoms with E-state index >= 15 is 4.39 Å². The summed E-state index contributed by atoms with van der Waals surface area (Å²) in [5, 5.41) is 8.92. The summed E-state index contributed by atoms with van der Waals surface area (Å²) in [5.74, 6) is 0.540. The molecule has 1 N–H and O–H groups in total. The summed E-state index contributed by atoms with van der Waals surface area (Å²) in [5.41, 5.74) is 2.74. The van der Waals surface area contributed by atoms with Gasteiger partial charge in [-0.05, 0) is 79.4 Å². The molecule has 0 bridgehead atoms. The maximum Gasteiger partial charge on any atom is 0.410 e. The van der Waals surface area contributed by atoms with Gasteiger partial charge in [0.05, 0.1) is 16.2 Å². The summed E-state index contributed by atoms with van der Waals surface area (Å²) in [7, 11) is 4.10. The van der Waals surface area contributed by atoms with Gasteiger partial charge < -0.3 is 24.3 Å². The molecule has 6 rings (SSSR count). The molecule has 1 amide bonds. The van der Waals surface area contributed by atoms with Gasteiger partial charge >= 0.3 is 6.09 Å². The molecule has 2 fully saturated rings. The Morgan fingerprint density at radius 1 is 1.13 bits per heavy atom. The van der Waals surface area contributed by atoms with Crippen LogP contribution < -0.4 is 9.80 Å². The molecule has 46 heavy (non-hydrogen) atoms. The molecular formula is C34H42ClFN8O2. The number of aromatic nitrogens is 4. The second-order valence-electron chi connectivity index (χ2n) is 13.8. The molecule has 2 aliphatic rings. The van der Waals surface area contributed by atoms with Crippen molar-refractivity contribution in [3.63, 3.8) is 0 Å². The van der Waals surface area contributed by atoms with Crippen LogP contribution in [0.25, 0.3) is 39.0 Å². The van der Waals surface area contributed by atoms with Crippen molar-refractivity contribution in [2.75, 3.05) is 50.1 Å². The van der Waals surface area contributed by atoms with E-state index in [-0.39, 0.29) is 34.3 Å². The van der Waals surface area contributed by atoms with Crippen molar-refractivity contribution in [1.29, 1.82) is 0 Å². The zero-order valence-corrected chi connectivity index (χ0v) is 28.5. The first-order valence-corrected chi connectivity index (χ1v) is 16.0. The van der Waals surface area contributed by atoms with Gasteiger partial charge in [-0.3, -0.25) is 5.10 Å². The van der Waals surface area contributed by atoms with Crippen LogP contribution in [0.2, 0.25) is 5.02 Å². The third kappa shape index (κ3) is 5.53. The molecule has 0 unspecified atom stereocenters. The van der Waals surface area contributed by atoms with Crippen molar-refractivity contribution in [3.05, 3.63) is 46.9 Å². The molecule has 2 aromatic carbocycles. The second kappa shape index (κ2) is 11.7. The number of nitrogens with one attached hydrogen (secondary N) is 1. The number of likely N-dealkylation sites (N-methyl/N-ethyl adjacent to an activating group) is 1. The third-order valence-corrected chi connectivity index (χ3v) is 9.32. The van der Waals surface area contributed by atoms with E-state index in [0.717, 1.165) is 29.6 Å². The van der Waals surface area contributed by atoms with Gasteiger partial charge in [0.15, 0.2) is 5.82 Å². The molecule has 244 valence electrons. The Morgan fingerprint density at radius 3 is 2.50 bits per heavy atom. The number of aromatic amines is 1. The highest BCUT2D eigenvalue weighted by Crippen LogP contribution is 2.44. The summed E-state index contributed by atoms with van der Waals surface area (Å²) >= 11 is 7.02. The lowest BCUT2D eigenvalue weighted by molar-refractivity contribution is 0.0130. The minimum atomic E-state index is -0.603. The molecule has 4 heterocycles. The molecule has 0 saturated carbocycles. The number of ether oxygens (including phenoxy) is 1. The second-order valence-corrected chi connectivity index (χ2v) is 14.2. The van der Waals surface area contributed by atoms with Crippen molar-refractivity contribution < 1.29 is 13.9 Å². The summed E-state index contributed by atoms with van der Waals surface area (Å²) in [6.45, 7) is 17.8. The number of hydrogen-bond donors (Lipinski definition) is 1. The number of anilines is 2. The number of carbonyl (C=O) groups is 1. The minimum absolute atomic E-state index is 0.140. The standard InChI is InChI=1S/C34H42ClFN8O2/c1-10-24-28-25(40-39-24)12-11-18(2)26(28)27-23(35)13-22-30(29(27)36)37-32(42-16-21(17-42)41(8)9)38-31(22)43-14-20(4)44(15-19(43)3)33(45)46-34(5,6)7/h10-13,19-21H,1,14-17H2,2-9H3,(H,39,40)/t19-,20+/m0/s1. The number of H-pyrrole nitrogens is 1. The zero-order valence-electron chi connectivity index (χ0n) is 27.8. The van der Waals surface area contributed by atoms with Crippen molar-refractivity contribution in [2.24, 2.45) is 0 Å². The van der Waals surface area contributed by atoms with Gasteiger partial charge in [0.2, 0.25) is 5.95 Å². The van der Waals surface area contributed by atoms with Crippen molar-refractivity contribution in [2.45, 2.75) is 65.3 Å². The van der Waals surface area contributed by atoms with Crippen LogP contribution in [0, 0.1) is 12.7 Å². The Bertz CT molecular complexity index is 1840. The van der Waals surface area contributed by atoms with E-state index in [9.17, 15) is 4.79 Å². The molecule has 0 radical (unpaired) electrons. The normalized spacial score (nSPS) is 19.3. The van der Waals surface area contributed by atoms with Crippen LogP contribution in [0.4, 0.5) is 21.0 Å². The van der Waals surface area contributed by atoms with Crippen LogP contribution in [0.3, 0.4) is 0 Å². The lowest BCUT2D eigenvalue weighted by Gasteiger charge is -2.46. The quantitative estimate of drug-likeness (QED) is 0.262. The summed E-state index contributed by atoms with van der Waals surface area (Å²) in [4.78, 5) is 31.1. The fraction of sp³-hybridized carbons (Fsp3) is 0.471. The fourth-order valence-electron chi connectivity index (χ4n) is 6.41. The Morgan fingerprint density at radius 2 is 1.85 bits per heavy atom. The number of rotatable bonds is 5. The molecule has 4 aromatic rings. The Balaban J connectivity index is 1.51. The van der Waals surface area contributed by atoms with Crippen molar-refractivity contribution in [3.8, 4) is 11.1 Å². The largest absolute Gasteiger partial charge is 0.444 e. The molecule has 2 saturated heterocycles. The number of fused-ring (bicyclic) bond motifs is 2. The van der Waals surface area contributed by atoms with Crippen molar-refractivity contribution >= 4 is 57.3 Å². The molecule has 2 aliphatic heterocycles. The first-order chi connectivity index (χ1) is 21.7. The molecule has 10 nitrogen and oxygen atoms in total. The van der Waals surface area contributed by atoms with Gasteiger partial charge in [-0.15, -0.1) is 0 Å². The summed E-state index contributed by atoms with van der Waals surface area (Å²) in [6.07, 6.45) is 1.30. The van der Waals surface area contributed by atoms with Crippen LogP contribution in [0.15, 0.2) is 24.8 Å². The van der Waals surface area contributed by atoms with Crippen molar-refractivity contribution in [1.82, 2.24) is 30.0 Å².